The molecule has 1 amide bonds. The lowest BCUT2D eigenvalue weighted by Gasteiger charge is -2.35. The maximum Gasteiger partial charge on any atom is 0.252 e. The van der Waals surface area contributed by atoms with Crippen molar-refractivity contribution in [2.24, 2.45) is 0 Å². The van der Waals surface area contributed by atoms with Crippen LogP contribution in [0.2, 0.25) is 0 Å². The van der Waals surface area contributed by atoms with Crippen molar-refractivity contribution in [2.75, 3.05) is 13.7 Å². The second-order valence-corrected chi connectivity index (χ2v) is 5.81. The molecule has 0 aliphatic carbocycles. The van der Waals surface area contributed by atoms with Gasteiger partial charge in [-0.2, -0.15) is 4.98 Å². The number of carbonyl (C=O) groups excluding carboxylic acids is 1. The number of ether oxygens (including phenoxy) is 1. The van der Waals surface area contributed by atoms with Gasteiger partial charge in [-0.25, -0.2) is 0 Å². The molecule has 0 radical (unpaired) electrons. The highest BCUT2D eigenvalue weighted by Gasteiger charge is 2.30. The Morgan fingerprint density at radius 3 is 2.96 bits per heavy atom. The molecule has 7 nitrogen and oxygen atoms in total. The highest BCUT2D eigenvalue weighted by molar-refractivity contribution is 5.82. The first-order chi connectivity index (χ1) is 11.7. The molecule has 2 aromatic rings. The van der Waals surface area contributed by atoms with Gasteiger partial charge in [0.25, 0.3) is 5.89 Å². The van der Waals surface area contributed by atoms with E-state index < -0.39 is 0 Å². The first kappa shape index (κ1) is 16.6. The third-order valence-corrected chi connectivity index (χ3v) is 4.25. The van der Waals surface area contributed by atoms with Crippen molar-refractivity contribution >= 4 is 5.91 Å². The lowest BCUT2D eigenvalue weighted by atomic mass is 9.93. The first-order valence-electron chi connectivity index (χ1n) is 8.10. The summed E-state index contributed by atoms with van der Waals surface area (Å²) in [7, 11) is 1.56. The van der Waals surface area contributed by atoms with Crippen LogP contribution in [0.1, 0.15) is 29.8 Å². The molecule has 0 bridgehead atoms. The molecule has 1 aliphatic heterocycles. The van der Waals surface area contributed by atoms with Crippen molar-refractivity contribution in [3.8, 4) is 0 Å². The second kappa shape index (κ2) is 7.55. The summed E-state index contributed by atoms with van der Waals surface area (Å²) < 4.78 is 9.96. The summed E-state index contributed by atoms with van der Waals surface area (Å²) in [5.74, 6) is 0.850. The van der Waals surface area contributed by atoms with Gasteiger partial charge in [0.15, 0.2) is 5.82 Å². The minimum atomic E-state index is -0.171. The van der Waals surface area contributed by atoms with E-state index >= 15 is 0 Å². The summed E-state index contributed by atoms with van der Waals surface area (Å²) in [6.07, 6.45) is 0.719. The minimum Gasteiger partial charge on any atom is -0.375 e. The van der Waals surface area contributed by atoms with E-state index in [2.05, 4.69) is 39.4 Å². The van der Waals surface area contributed by atoms with Gasteiger partial charge >= 0.3 is 0 Å². The van der Waals surface area contributed by atoms with E-state index in [1.807, 2.05) is 12.1 Å². The van der Waals surface area contributed by atoms with Crippen LogP contribution in [0.5, 0.6) is 0 Å². The number of methoxy groups -OCH3 is 1. The molecule has 128 valence electrons. The Kier molecular flexibility index (Phi) is 5.22. The maximum absolute atomic E-state index is 12.6. The Labute approximate surface area is 141 Å². The van der Waals surface area contributed by atoms with Crippen LogP contribution in [-0.4, -0.2) is 40.6 Å². The number of benzene rings is 1. The van der Waals surface area contributed by atoms with Gasteiger partial charge in [0, 0.05) is 13.7 Å². The van der Waals surface area contributed by atoms with E-state index in [4.69, 9.17) is 9.26 Å². The first-order valence-corrected chi connectivity index (χ1v) is 8.10. The standard InChI is InChI=1S/C17H22N4O3/c1-3-21-10-13-7-5-4-6-12(13)8-14(21)17(22)18-9-15-19-16(11-23-2)24-20-15/h4-7,14H,3,8-11H2,1-2H3,(H,18,22)/t14-/m1/s1. The molecule has 0 unspecified atom stereocenters. The molecule has 7 heteroatoms. The van der Waals surface area contributed by atoms with Gasteiger partial charge < -0.3 is 14.6 Å². The fourth-order valence-electron chi connectivity index (χ4n) is 3.00. The molecule has 1 aliphatic rings. The van der Waals surface area contributed by atoms with Crippen LogP contribution >= 0.6 is 0 Å². The molecule has 0 saturated carbocycles. The van der Waals surface area contributed by atoms with Crippen molar-refractivity contribution in [3.05, 3.63) is 47.1 Å². The van der Waals surface area contributed by atoms with Crippen LogP contribution in [0.15, 0.2) is 28.8 Å². The lowest BCUT2D eigenvalue weighted by molar-refractivity contribution is -0.127. The van der Waals surface area contributed by atoms with Gasteiger partial charge in [0.2, 0.25) is 5.91 Å². The molecular formula is C17H22N4O3. The highest BCUT2D eigenvalue weighted by atomic mass is 16.5. The molecule has 0 saturated heterocycles. The highest BCUT2D eigenvalue weighted by Crippen LogP contribution is 2.23. The smallest absolute Gasteiger partial charge is 0.252 e. The molecule has 1 N–H and O–H groups in total. The largest absolute Gasteiger partial charge is 0.375 e. The van der Waals surface area contributed by atoms with Crippen LogP contribution in [-0.2, 0) is 35.6 Å². The van der Waals surface area contributed by atoms with Crippen LogP contribution in [0.4, 0.5) is 0 Å². The average Bonchev–Trinajstić information content (AvgIpc) is 3.06. The summed E-state index contributed by atoms with van der Waals surface area (Å²) in [4.78, 5) is 19.0. The van der Waals surface area contributed by atoms with Crippen molar-refractivity contribution < 1.29 is 14.1 Å². The lowest BCUT2D eigenvalue weighted by Crippen LogP contribution is -2.50. The Morgan fingerprint density at radius 2 is 2.21 bits per heavy atom. The van der Waals surface area contributed by atoms with Gasteiger partial charge in [-0.3, -0.25) is 9.69 Å². The number of hydrogen-bond donors (Lipinski definition) is 1. The summed E-state index contributed by atoms with van der Waals surface area (Å²) >= 11 is 0. The van der Waals surface area contributed by atoms with Gasteiger partial charge in [0.05, 0.1) is 12.6 Å². The number of likely N-dealkylation sites (N-methyl/N-ethyl adjacent to an activating group) is 1. The molecule has 1 aromatic heterocycles. The fourth-order valence-corrected chi connectivity index (χ4v) is 3.00. The zero-order valence-electron chi connectivity index (χ0n) is 14.0. The summed E-state index contributed by atoms with van der Waals surface area (Å²) in [5, 5.41) is 6.75. The molecule has 1 atom stereocenters. The number of aromatic nitrogens is 2. The van der Waals surface area contributed by atoms with Crippen molar-refractivity contribution in [1.82, 2.24) is 20.4 Å². The number of carbonyl (C=O) groups is 1. The van der Waals surface area contributed by atoms with Crippen LogP contribution in [0, 0.1) is 0 Å². The number of nitrogens with one attached hydrogen (secondary N) is 1. The average molecular weight is 330 g/mol. The molecule has 0 fully saturated rings. The third-order valence-electron chi connectivity index (χ3n) is 4.25. The summed E-state index contributed by atoms with van der Waals surface area (Å²) in [5.41, 5.74) is 2.54. The normalized spacial score (nSPS) is 17.5. The number of nitrogens with zero attached hydrogens (tertiary/aromatic N) is 3. The maximum atomic E-state index is 12.6. The fraction of sp³-hybridized carbons (Fsp3) is 0.471. The van der Waals surface area contributed by atoms with E-state index in [1.165, 1.54) is 11.1 Å². The van der Waals surface area contributed by atoms with Crippen LogP contribution in [0.3, 0.4) is 0 Å². The van der Waals surface area contributed by atoms with Crippen LogP contribution < -0.4 is 5.32 Å². The van der Waals surface area contributed by atoms with Crippen LogP contribution in [0.25, 0.3) is 0 Å². The quantitative estimate of drug-likeness (QED) is 0.859. The Bertz CT molecular complexity index is 701. The van der Waals surface area contributed by atoms with Gasteiger partial charge in [-0.05, 0) is 24.1 Å². The number of fused-ring (bicyclic) bond motifs is 1. The molecule has 0 spiro atoms. The Balaban J connectivity index is 1.63. The van der Waals surface area contributed by atoms with Gasteiger partial charge in [0.1, 0.15) is 6.61 Å². The number of amides is 1. The van der Waals surface area contributed by atoms with Gasteiger partial charge in [-0.15, -0.1) is 0 Å². The Hall–Kier alpha value is -2.25. The predicted molar refractivity (Wildman–Crippen MR) is 86.9 cm³/mol. The minimum absolute atomic E-state index is 0.00977. The zero-order chi connectivity index (χ0) is 16.9. The van der Waals surface area contributed by atoms with Crippen molar-refractivity contribution in [1.29, 1.82) is 0 Å². The topological polar surface area (TPSA) is 80.5 Å². The summed E-state index contributed by atoms with van der Waals surface area (Å²) in [6.45, 7) is 4.22. The molecule has 24 heavy (non-hydrogen) atoms. The second-order valence-electron chi connectivity index (χ2n) is 5.81. The zero-order valence-corrected chi connectivity index (χ0v) is 14.0. The summed E-state index contributed by atoms with van der Waals surface area (Å²) in [6, 6.07) is 8.12. The monoisotopic (exact) mass is 330 g/mol. The molecule has 3 rings (SSSR count). The third kappa shape index (κ3) is 3.63. The SMILES string of the molecule is CCN1Cc2ccccc2C[C@@H]1C(=O)NCc1noc(COC)n1. The van der Waals surface area contributed by atoms with E-state index in [0.717, 1.165) is 19.5 Å². The van der Waals surface area contributed by atoms with E-state index in [1.54, 1.807) is 7.11 Å². The van der Waals surface area contributed by atoms with Gasteiger partial charge in [-0.1, -0.05) is 36.3 Å². The molecule has 2 heterocycles. The molecule has 1 aromatic carbocycles. The molecular weight excluding hydrogens is 308 g/mol. The van der Waals surface area contributed by atoms with E-state index in [-0.39, 0.29) is 25.1 Å². The van der Waals surface area contributed by atoms with Crippen molar-refractivity contribution in [3.63, 3.8) is 0 Å². The predicted octanol–water partition coefficient (Wildman–Crippen LogP) is 1.28. The van der Waals surface area contributed by atoms with E-state index in [9.17, 15) is 4.79 Å². The van der Waals surface area contributed by atoms with E-state index in [0.29, 0.717) is 11.7 Å². The van der Waals surface area contributed by atoms with Crippen molar-refractivity contribution in [2.45, 2.75) is 39.1 Å². The Morgan fingerprint density at radius 1 is 1.42 bits per heavy atom. The number of rotatable bonds is 6. The number of hydrogen-bond acceptors (Lipinski definition) is 6.